The summed E-state index contributed by atoms with van der Waals surface area (Å²) >= 11 is 0. The number of Topliss-reactive ketones (excluding diaryl/α,β-unsaturated/α-hetero) is 1. The number of hydrogen-bond donors (Lipinski definition) is 0. The van der Waals surface area contributed by atoms with E-state index in [1.807, 2.05) is 6.08 Å². The summed E-state index contributed by atoms with van der Waals surface area (Å²) < 4.78 is 4.73. The third-order valence-electron chi connectivity index (χ3n) is 1.20. The van der Waals surface area contributed by atoms with E-state index in [4.69, 9.17) is 4.74 Å². The van der Waals surface area contributed by atoms with Gasteiger partial charge in [0, 0.05) is 6.42 Å². The van der Waals surface area contributed by atoms with E-state index >= 15 is 0 Å². The average molecular weight is 112 g/mol. The number of carbonyl (C=O) groups excluding carboxylic acids is 1. The normalized spacial score (nSPS) is 18.6. The second kappa shape index (κ2) is 1.99. The first-order chi connectivity index (χ1) is 3.84. The molecule has 0 bridgehead atoms. The van der Waals surface area contributed by atoms with Crippen LogP contribution in [0.15, 0.2) is 11.8 Å². The van der Waals surface area contributed by atoms with Crippen molar-refractivity contribution in [1.82, 2.24) is 0 Å². The van der Waals surface area contributed by atoms with Crippen molar-refractivity contribution >= 4 is 5.78 Å². The summed E-state index contributed by atoms with van der Waals surface area (Å²) in [5.74, 6) is 0.664. The van der Waals surface area contributed by atoms with Crippen LogP contribution in [0.4, 0.5) is 0 Å². The van der Waals surface area contributed by atoms with Crippen molar-refractivity contribution in [2.24, 2.45) is 0 Å². The van der Waals surface area contributed by atoms with Crippen LogP contribution in [0.3, 0.4) is 0 Å². The highest BCUT2D eigenvalue weighted by molar-refractivity contribution is 5.95. The van der Waals surface area contributed by atoms with Gasteiger partial charge >= 0.3 is 0 Å². The maximum Gasteiger partial charge on any atom is 0.197 e. The first-order valence-corrected chi connectivity index (χ1v) is 2.62. The van der Waals surface area contributed by atoms with E-state index in [9.17, 15) is 4.79 Å². The fraction of sp³-hybridized carbons (Fsp3) is 0.500. The van der Waals surface area contributed by atoms with Crippen molar-refractivity contribution in [2.75, 3.05) is 7.11 Å². The minimum Gasteiger partial charge on any atom is -0.493 e. The highest BCUT2D eigenvalue weighted by Crippen LogP contribution is 2.12. The molecule has 0 amide bonds. The van der Waals surface area contributed by atoms with Gasteiger partial charge in [0.15, 0.2) is 11.5 Å². The van der Waals surface area contributed by atoms with Gasteiger partial charge in [0.2, 0.25) is 0 Å². The first kappa shape index (κ1) is 5.35. The first-order valence-electron chi connectivity index (χ1n) is 2.62. The standard InChI is InChI=1S/C6H8O2/c1-8-6-4-2-3-5(6)7/h4H,2-3H2,1H3. The van der Waals surface area contributed by atoms with E-state index in [1.165, 1.54) is 7.11 Å². The molecule has 0 unspecified atom stereocenters. The zero-order valence-electron chi connectivity index (χ0n) is 4.81. The van der Waals surface area contributed by atoms with Crippen LogP contribution >= 0.6 is 0 Å². The summed E-state index contributed by atoms with van der Waals surface area (Å²) in [6.45, 7) is 0. The van der Waals surface area contributed by atoms with Crippen molar-refractivity contribution in [3.63, 3.8) is 0 Å². The molecule has 0 spiro atoms. The fourth-order valence-electron chi connectivity index (χ4n) is 0.769. The van der Waals surface area contributed by atoms with E-state index in [0.717, 1.165) is 6.42 Å². The Kier molecular flexibility index (Phi) is 1.33. The van der Waals surface area contributed by atoms with Crippen molar-refractivity contribution in [2.45, 2.75) is 12.8 Å². The molecule has 1 aliphatic carbocycles. The van der Waals surface area contributed by atoms with E-state index in [0.29, 0.717) is 12.2 Å². The van der Waals surface area contributed by atoms with Crippen molar-refractivity contribution in [1.29, 1.82) is 0 Å². The van der Waals surface area contributed by atoms with Crippen molar-refractivity contribution < 1.29 is 9.53 Å². The second-order valence-corrected chi connectivity index (χ2v) is 1.73. The number of hydrogen-bond acceptors (Lipinski definition) is 2. The lowest BCUT2D eigenvalue weighted by atomic mass is 10.3. The quantitative estimate of drug-likeness (QED) is 0.503. The van der Waals surface area contributed by atoms with E-state index in [-0.39, 0.29) is 5.78 Å². The monoisotopic (exact) mass is 112 g/mol. The SMILES string of the molecule is COC1=CCCC1=O. The molecule has 1 aliphatic rings. The molecule has 0 aromatic carbocycles. The lowest BCUT2D eigenvalue weighted by Gasteiger charge is -1.93. The summed E-state index contributed by atoms with van der Waals surface area (Å²) in [5.41, 5.74) is 0. The van der Waals surface area contributed by atoms with Gasteiger partial charge in [-0.25, -0.2) is 0 Å². The predicted octanol–water partition coefficient (Wildman–Crippen LogP) is 0.880. The van der Waals surface area contributed by atoms with Crippen LogP contribution in [0.1, 0.15) is 12.8 Å². The summed E-state index contributed by atoms with van der Waals surface area (Å²) in [4.78, 5) is 10.6. The number of ether oxygens (including phenoxy) is 1. The van der Waals surface area contributed by atoms with Gasteiger partial charge < -0.3 is 4.74 Å². The molecule has 0 saturated heterocycles. The number of allylic oxidation sites excluding steroid dienone is 2. The van der Waals surface area contributed by atoms with Gasteiger partial charge in [-0.1, -0.05) is 0 Å². The van der Waals surface area contributed by atoms with Crippen LogP contribution in [0.25, 0.3) is 0 Å². The molecule has 0 saturated carbocycles. The average Bonchev–Trinajstić information content (AvgIpc) is 2.14. The Morgan fingerprint density at radius 2 is 2.50 bits per heavy atom. The van der Waals surface area contributed by atoms with Gasteiger partial charge in [-0.3, -0.25) is 4.79 Å². The van der Waals surface area contributed by atoms with E-state index in [1.54, 1.807) is 0 Å². The second-order valence-electron chi connectivity index (χ2n) is 1.73. The zero-order valence-corrected chi connectivity index (χ0v) is 4.81. The van der Waals surface area contributed by atoms with Gasteiger partial charge in [-0.15, -0.1) is 0 Å². The van der Waals surface area contributed by atoms with Crippen LogP contribution in [0.5, 0.6) is 0 Å². The van der Waals surface area contributed by atoms with Gasteiger partial charge in [0.1, 0.15) is 0 Å². The summed E-state index contributed by atoms with van der Waals surface area (Å²) in [5, 5.41) is 0. The van der Waals surface area contributed by atoms with Gasteiger partial charge in [0.25, 0.3) is 0 Å². The molecule has 0 radical (unpaired) electrons. The maximum atomic E-state index is 10.6. The molecule has 2 heteroatoms. The fourth-order valence-corrected chi connectivity index (χ4v) is 0.769. The van der Waals surface area contributed by atoms with Gasteiger partial charge in [0.05, 0.1) is 7.11 Å². The predicted molar refractivity (Wildman–Crippen MR) is 29.3 cm³/mol. The lowest BCUT2D eigenvalue weighted by Crippen LogP contribution is -1.96. The molecule has 2 nitrogen and oxygen atoms in total. The smallest absolute Gasteiger partial charge is 0.197 e. The topological polar surface area (TPSA) is 26.3 Å². The molecule has 0 fully saturated rings. The van der Waals surface area contributed by atoms with Gasteiger partial charge in [-0.05, 0) is 12.5 Å². The molecular weight excluding hydrogens is 104 g/mol. The molecule has 0 aromatic heterocycles. The minimum atomic E-state index is 0.132. The Morgan fingerprint density at radius 3 is 2.75 bits per heavy atom. The van der Waals surface area contributed by atoms with Crippen LogP contribution in [0, 0.1) is 0 Å². The minimum absolute atomic E-state index is 0.132. The van der Waals surface area contributed by atoms with Crippen LogP contribution < -0.4 is 0 Å². The summed E-state index contributed by atoms with van der Waals surface area (Å²) in [7, 11) is 1.52. The van der Waals surface area contributed by atoms with E-state index < -0.39 is 0 Å². The number of methoxy groups -OCH3 is 1. The molecule has 0 heterocycles. The Hall–Kier alpha value is -0.790. The third kappa shape index (κ3) is 0.735. The molecule has 8 heavy (non-hydrogen) atoms. The maximum absolute atomic E-state index is 10.6. The number of ketones is 1. The summed E-state index contributed by atoms with van der Waals surface area (Å²) in [6.07, 6.45) is 3.30. The van der Waals surface area contributed by atoms with E-state index in [2.05, 4.69) is 0 Å². The Morgan fingerprint density at radius 1 is 1.75 bits per heavy atom. The van der Waals surface area contributed by atoms with Crippen LogP contribution in [0.2, 0.25) is 0 Å². The lowest BCUT2D eigenvalue weighted by molar-refractivity contribution is -0.117. The Balaban J connectivity index is 2.62. The largest absolute Gasteiger partial charge is 0.493 e. The Labute approximate surface area is 48.1 Å². The Bertz CT molecular complexity index is 135. The van der Waals surface area contributed by atoms with Crippen molar-refractivity contribution in [3.8, 4) is 0 Å². The van der Waals surface area contributed by atoms with Crippen LogP contribution in [-0.4, -0.2) is 12.9 Å². The molecule has 0 aliphatic heterocycles. The molecule has 44 valence electrons. The molecule has 0 aromatic rings. The molecule has 1 rings (SSSR count). The highest BCUT2D eigenvalue weighted by atomic mass is 16.5. The highest BCUT2D eigenvalue weighted by Gasteiger charge is 2.13. The number of rotatable bonds is 1. The molecule has 0 atom stereocenters. The van der Waals surface area contributed by atoms with Crippen molar-refractivity contribution in [3.05, 3.63) is 11.8 Å². The number of carbonyl (C=O) groups is 1. The molecule has 0 N–H and O–H groups in total. The summed E-state index contributed by atoms with van der Waals surface area (Å²) in [6, 6.07) is 0. The van der Waals surface area contributed by atoms with Crippen LogP contribution in [-0.2, 0) is 9.53 Å². The molecular formula is C6H8O2. The zero-order chi connectivity index (χ0) is 5.98. The van der Waals surface area contributed by atoms with Gasteiger partial charge in [-0.2, -0.15) is 0 Å². The third-order valence-corrected chi connectivity index (χ3v) is 1.20.